The number of hydrogen-bond donors (Lipinski definition) is 2. The van der Waals surface area contributed by atoms with Crippen molar-refractivity contribution in [3.63, 3.8) is 0 Å². The lowest BCUT2D eigenvalue weighted by Gasteiger charge is -2.21. The SMILES string of the molecule is Cc1nn2cccnc2c1C(=O)N[C@H](C)c1cc2cccc(C#Cc3cnn(C)c3C(C)S(N)(=O)=O)c2c(=O)n1-c1ccccc1. The average molecular weight is 635 g/mol. The summed E-state index contributed by atoms with van der Waals surface area (Å²) in [6, 6.07) is 17.5. The molecule has 0 bridgehead atoms. The molecule has 0 radical (unpaired) electrons. The second-order valence-electron chi connectivity index (χ2n) is 10.9. The number of aryl methyl sites for hydroxylation is 2. The minimum absolute atomic E-state index is 0.331. The molecule has 2 atom stereocenters. The van der Waals surface area contributed by atoms with Gasteiger partial charge in [-0.05, 0) is 56.5 Å². The predicted octanol–water partition coefficient (Wildman–Crippen LogP) is 3.32. The van der Waals surface area contributed by atoms with E-state index in [4.69, 9.17) is 5.14 Å². The number of hydrogen-bond acceptors (Lipinski definition) is 7. The molecule has 0 saturated carbocycles. The molecule has 6 rings (SSSR count). The molecular weight excluding hydrogens is 604 g/mol. The van der Waals surface area contributed by atoms with Crippen LogP contribution in [0.5, 0.6) is 0 Å². The van der Waals surface area contributed by atoms with Crippen molar-refractivity contribution >= 4 is 32.4 Å². The van der Waals surface area contributed by atoms with Gasteiger partial charge in [-0.1, -0.05) is 42.2 Å². The third-order valence-electron chi connectivity index (χ3n) is 7.87. The van der Waals surface area contributed by atoms with Gasteiger partial charge in [-0.25, -0.2) is 23.1 Å². The molecule has 6 aromatic rings. The van der Waals surface area contributed by atoms with Crippen molar-refractivity contribution in [3.8, 4) is 17.5 Å². The number of rotatable bonds is 6. The average Bonchev–Trinajstić information content (AvgIpc) is 3.57. The monoisotopic (exact) mass is 634 g/mol. The van der Waals surface area contributed by atoms with Gasteiger partial charge in [0.2, 0.25) is 10.0 Å². The quantitative estimate of drug-likeness (QED) is 0.266. The van der Waals surface area contributed by atoms with E-state index in [1.165, 1.54) is 17.8 Å². The van der Waals surface area contributed by atoms with Crippen molar-refractivity contribution in [3.05, 3.63) is 123 Å². The molecule has 0 fully saturated rings. The van der Waals surface area contributed by atoms with Gasteiger partial charge in [0.1, 0.15) is 10.8 Å². The lowest BCUT2D eigenvalue weighted by Crippen LogP contribution is -2.32. The van der Waals surface area contributed by atoms with Gasteiger partial charge in [0.25, 0.3) is 11.5 Å². The number of sulfonamides is 1. The highest BCUT2D eigenvalue weighted by Gasteiger charge is 2.25. The molecule has 4 aromatic heterocycles. The Morgan fingerprint density at radius 1 is 1.02 bits per heavy atom. The zero-order valence-corrected chi connectivity index (χ0v) is 26.3. The first-order chi connectivity index (χ1) is 22.0. The third kappa shape index (κ3) is 5.44. The first-order valence-corrected chi connectivity index (χ1v) is 16.0. The van der Waals surface area contributed by atoms with Gasteiger partial charge in [0, 0.05) is 36.4 Å². The molecule has 0 aliphatic heterocycles. The smallest absolute Gasteiger partial charge is 0.264 e. The molecule has 0 aliphatic rings. The number of nitrogens with one attached hydrogen (secondary N) is 1. The Morgan fingerprint density at radius 2 is 1.76 bits per heavy atom. The van der Waals surface area contributed by atoms with Crippen molar-refractivity contribution < 1.29 is 13.2 Å². The highest BCUT2D eigenvalue weighted by Crippen LogP contribution is 2.25. The van der Waals surface area contributed by atoms with Crippen LogP contribution in [-0.2, 0) is 17.1 Å². The molecule has 0 saturated heterocycles. The van der Waals surface area contributed by atoms with Crippen molar-refractivity contribution in [2.24, 2.45) is 12.2 Å². The van der Waals surface area contributed by atoms with Crippen LogP contribution in [0.1, 0.15) is 63.7 Å². The number of benzene rings is 2. The van der Waals surface area contributed by atoms with Gasteiger partial charge >= 0.3 is 0 Å². The van der Waals surface area contributed by atoms with Crippen LogP contribution < -0.4 is 16.0 Å². The maximum Gasteiger partial charge on any atom is 0.264 e. The third-order valence-corrected chi connectivity index (χ3v) is 9.08. The summed E-state index contributed by atoms with van der Waals surface area (Å²) in [5, 5.41) is 17.0. The molecule has 2 aromatic carbocycles. The maximum absolute atomic E-state index is 14.4. The molecule has 3 N–H and O–H groups in total. The van der Waals surface area contributed by atoms with Crippen LogP contribution >= 0.6 is 0 Å². The van der Waals surface area contributed by atoms with Crippen molar-refractivity contribution in [2.75, 3.05) is 0 Å². The lowest BCUT2D eigenvalue weighted by molar-refractivity contribution is 0.0939. The fourth-order valence-electron chi connectivity index (χ4n) is 5.57. The number of amides is 1. The van der Waals surface area contributed by atoms with E-state index >= 15 is 0 Å². The van der Waals surface area contributed by atoms with Gasteiger partial charge < -0.3 is 5.32 Å². The summed E-state index contributed by atoms with van der Waals surface area (Å²) in [4.78, 5) is 32.3. The molecule has 46 heavy (non-hydrogen) atoms. The minimum atomic E-state index is -3.90. The van der Waals surface area contributed by atoms with Crippen LogP contribution in [0.3, 0.4) is 0 Å². The van der Waals surface area contributed by atoms with Crippen LogP contribution in [0.4, 0.5) is 0 Å². The van der Waals surface area contributed by atoms with Gasteiger partial charge in [-0.3, -0.25) is 18.8 Å². The normalized spacial score (nSPS) is 12.9. The maximum atomic E-state index is 14.4. The van der Waals surface area contributed by atoms with E-state index < -0.39 is 21.3 Å². The summed E-state index contributed by atoms with van der Waals surface area (Å²) in [5.41, 5.74) is 3.33. The van der Waals surface area contributed by atoms with Gasteiger partial charge in [-0.2, -0.15) is 10.2 Å². The van der Waals surface area contributed by atoms with E-state index in [1.54, 1.807) is 53.6 Å². The second-order valence-corrected chi connectivity index (χ2v) is 12.8. The molecule has 0 aliphatic carbocycles. The Bertz CT molecular complexity index is 2380. The lowest BCUT2D eigenvalue weighted by atomic mass is 10.0. The van der Waals surface area contributed by atoms with E-state index in [-0.39, 0.29) is 11.5 Å². The zero-order valence-electron chi connectivity index (χ0n) is 25.5. The largest absolute Gasteiger partial charge is 0.344 e. The Labute approximate surface area is 264 Å². The first-order valence-electron chi connectivity index (χ1n) is 14.4. The summed E-state index contributed by atoms with van der Waals surface area (Å²) in [7, 11) is -2.28. The van der Waals surface area contributed by atoms with E-state index in [0.29, 0.717) is 55.9 Å². The number of nitrogens with two attached hydrogens (primary N) is 1. The van der Waals surface area contributed by atoms with Crippen LogP contribution in [0.15, 0.2) is 84.0 Å². The molecule has 12 nitrogen and oxygen atoms in total. The number of carbonyl (C=O) groups is 1. The van der Waals surface area contributed by atoms with Crippen molar-refractivity contribution in [1.82, 2.24) is 34.3 Å². The predicted molar refractivity (Wildman–Crippen MR) is 174 cm³/mol. The molecular formula is C33H30N8O4S. The summed E-state index contributed by atoms with van der Waals surface area (Å²) in [6.45, 7) is 5.03. The first kappa shape index (κ1) is 30.4. The fourth-order valence-corrected chi connectivity index (χ4v) is 6.16. The molecule has 0 spiro atoms. The number of para-hydroxylation sites is 1. The van der Waals surface area contributed by atoms with E-state index in [9.17, 15) is 18.0 Å². The van der Waals surface area contributed by atoms with Gasteiger partial charge in [0.15, 0.2) is 5.65 Å². The zero-order chi connectivity index (χ0) is 32.7. The van der Waals surface area contributed by atoms with Crippen LogP contribution in [0.25, 0.3) is 22.1 Å². The Balaban J connectivity index is 1.47. The molecule has 1 amide bonds. The Hall–Kier alpha value is -5.58. The highest BCUT2D eigenvalue weighted by atomic mass is 32.2. The van der Waals surface area contributed by atoms with Gasteiger partial charge in [0.05, 0.1) is 34.6 Å². The minimum Gasteiger partial charge on any atom is -0.344 e. The van der Waals surface area contributed by atoms with E-state index in [1.807, 2.05) is 49.4 Å². The second kappa shape index (κ2) is 11.7. The number of aromatic nitrogens is 6. The number of carbonyl (C=O) groups excluding carboxylic acids is 1. The van der Waals surface area contributed by atoms with E-state index in [0.717, 1.165) is 0 Å². The molecule has 1 unspecified atom stereocenters. The number of nitrogens with zero attached hydrogens (tertiary/aromatic N) is 6. The van der Waals surface area contributed by atoms with Crippen molar-refractivity contribution in [2.45, 2.75) is 32.1 Å². The van der Waals surface area contributed by atoms with Gasteiger partial charge in [-0.15, -0.1) is 0 Å². The van der Waals surface area contributed by atoms with Crippen LogP contribution in [0.2, 0.25) is 0 Å². The van der Waals surface area contributed by atoms with Crippen molar-refractivity contribution in [1.29, 1.82) is 0 Å². The number of pyridine rings is 1. The Kier molecular flexibility index (Phi) is 7.77. The molecule has 232 valence electrons. The highest BCUT2D eigenvalue weighted by molar-refractivity contribution is 7.89. The molecule has 13 heteroatoms. The summed E-state index contributed by atoms with van der Waals surface area (Å²) >= 11 is 0. The number of primary sulfonamides is 1. The topological polar surface area (TPSA) is 159 Å². The van der Waals surface area contributed by atoms with Crippen LogP contribution in [-0.4, -0.2) is 43.3 Å². The Morgan fingerprint density at radius 3 is 2.50 bits per heavy atom. The summed E-state index contributed by atoms with van der Waals surface area (Å²) in [6.07, 6.45) is 4.80. The van der Waals surface area contributed by atoms with Crippen LogP contribution in [0, 0.1) is 18.8 Å². The summed E-state index contributed by atoms with van der Waals surface area (Å²) in [5.74, 6) is 5.71. The fraction of sp³-hybridized carbons (Fsp3) is 0.182. The van der Waals surface area contributed by atoms with E-state index in [2.05, 4.69) is 32.3 Å². The molecule has 4 heterocycles. The summed E-state index contributed by atoms with van der Waals surface area (Å²) < 4.78 is 28.8. The number of fused-ring (bicyclic) bond motifs is 2. The standard InChI is InChI=1S/C33H30N8O4S/c1-20(37-32(42)28-21(2)38-40-17-9-16-35-31(28)40)27-18-24-11-8-10-23(29(24)33(43)41(27)26-12-6-5-7-13-26)14-15-25-19-36-39(4)30(25)22(3)46(34,44)45/h5-13,16-20,22H,1-4H3,(H,37,42)(H2,34,44,45)/t20-,22?/m1/s1.